The number of rotatable bonds is 29. The molecule has 0 aromatic heterocycles. The normalized spacial score (nSPS) is 14.3. The lowest BCUT2D eigenvalue weighted by Crippen LogP contribution is -2.58. The maximum atomic E-state index is 13.0. The predicted octanol–water partition coefficient (Wildman–Crippen LogP) is 11.9. The van der Waals surface area contributed by atoms with E-state index in [9.17, 15) is 9.59 Å². The van der Waals surface area contributed by atoms with E-state index in [-0.39, 0.29) is 22.8 Å². The van der Waals surface area contributed by atoms with Gasteiger partial charge in [0, 0.05) is 24.1 Å². The molecule has 5 nitrogen and oxygen atoms in total. The van der Waals surface area contributed by atoms with E-state index >= 15 is 0 Å². The third kappa shape index (κ3) is 20.0. The first kappa shape index (κ1) is 38.9. The Labute approximate surface area is 261 Å². The fourth-order valence-corrected chi connectivity index (χ4v) is 6.53. The number of carbonyl (C=O) groups is 2. The second-order valence-corrected chi connectivity index (χ2v) is 13.2. The fraction of sp³-hybridized carbons (Fsp3) is 0.946. The number of hydrogen-bond acceptors (Lipinski definition) is 4. The molecule has 0 aliphatic heterocycles. The fourth-order valence-electron chi connectivity index (χ4n) is 6.53. The Hall–Kier alpha value is -1.10. The summed E-state index contributed by atoms with van der Waals surface area (Å²) in [5.41, 5.74) is 0. The van der Waals surface area contributed by atoms with Crippen molar-refractivity contribution in [3.8, 4) is 0 Å². The molecule has 248 valence electrons. The SMILES string of the molecule is CCCCCCCCCCCCCC(=O)O[N+](CCC)(OC(=O)CCCCCCCCCCCCC)C1CCCCC1. The van der Waals surface area contributed by atoms with Crippen molar-refractivity contribution in [3.05, 3.63) is 0 Å². The average Bonchev–Trinajstić information content (AvgIpc) is 2.99. The van der Waals surface area contributed by atoms with Crippen molar-refractivity contribution in [2.45, 2.75) is 219 Å². The molecule has 0 bridgehead atoms. The van der Waals surface area contributed by atoms with Crippen molar-refractivity contribution >= 4 is 11.9 Å². The molecule has 0 aromatic rings. The first-order valence-electron chi connectivity index (χ1n) is 18.9. The van der Waals surface area contributed by atoms with Gasteiger partial charge in [-0.25, -0.2) is 19.3 Å². The average molecular weight is 595 g/mol. The second-order valence-electron chi connectivity index (χ2n) is 13.2. The molecule has 1 fully saturated rings. The topological polar surface area (TPSA) is 52.6 Å². The summed E-state index contributed by atoms with van der Waals surface area (Å²) in [6.07, 6.45) is 34.7. The van der Waals surface area contributed by atoms with Gasteiger partial charge in [-0.1, -0.05) is 156 Å². The summed E-state index contributed by atoms with van der Waals surface area (Å²) < 4.78 is 0. The van der Waals surface area contributed by atoms with E-state index in [1.54, 1.807) is 0 Å². The van der Waals surface area contributed by atoms with Crippen LogP contribution in [0.3, 0.4) is 0 Å². The molecule has 0 N–H and O–H groups in total. The lowest BCUT2D eigenvalue weighted by atomic mass is 9.95. The zero-order valence-electron chi connectivity index (χ0n) is 28.6. The van der Waals surface area contributed by atoms with Crippen LogP contribution in [0.1, 0.15) is 213 Å². The molecule has 0 aromatic carbocycles. The van der Waals surface area contributed by atoms with Gasteiger partial charge < -0.3 is 0 Å². The van der Waals surface area contributed by atoms with Crippen molar-refractivity contribution in [2.75, 3.05) is 6.54 Å². The van der Waals surface area contributed by atoms with E-state index in [2.05, 4.69) is 20.8 Å². The first-order valence-corrected chi connectivity index (χ1v) is 18.9. The summed E-state index contributed by atoms with van der Waals surface area (Å²) in [6, 6.07) is 0.0706. The molecule has 5 heteroatoms. The Morgan fingerprint density at radius 3 is 1.14 bits per heavy atom. The monoisotopic (exact) mass is 595 g/mol. The zero-order chi connectivity index (χ0) is 30.6. The Morgan fingerprint density at radius 1 is 0.476 bits per heavy atom. The number of quaternary nitrogens is 1. The third-order valence-electron chi connectivity index (χ3n) is 9.15. The van der Waals surface area contributed by atoms with Crippen LogP contribution < -0.4 is 0 Å². The van der Waals surface area contributed by atoms with Gasteiger partial charge >= 0.3 is 11.9 Å². The molecular weight excluding hydrogens is 522 g/mol. The quantitative estimate of drug-likeness (QED) is 0.0491. The highest BCUT2D eigenvalue weighted by atomic mass is 17.0. The Kier molecular flexibility index (Phi) is 25.4. The minimum atomic E-state index is -0.218. The number of nitrogens with zero attached hydrogens (tertiary/aromatic N) is 1. The molecule has 0 amide bonds. The molecule has 1 saturated carbocycles. The highest BCUT2D eigenvalue weighted by Gasteiger charge is 2.47. The van der Waals surface area contributed by atoms with Crippen LogP contribution in [-0.2, 0) is 19.3 Å². The highest BCUT2D eigenvalue weighted by Crippen LogP contribution is 2.31. The van der Waals surface area contributed by atoms with Gasteiger partial charge in [0.25, 0.3) is 0 Å². The van der Waals surface area contributed by atoms with Crippen molar-refractivity contribution in [1.82, 2.24) is 0 Å². The molecule has 42 heavy (non-hydrogen) atoms. The van der Waals surface area contributed by atoms with Crippen molar-refractivity contribution in [1.29, 1.82) is 0 Å². The molecule has 0 atom stereocenters. The minimum Gasteiger partial charge on any atom is -0.245 e. The molecule has 1 rings (SSSR count). The maximum absolute atomic E-state index is 13.0. The largest absolute Gasteiger partial charge is 0.372 e. The van der Waals surface area contributed by atoms with Crippen LogP contribution in [0, 0.1) is 0 Å². The zero-order valence-corrected chi connectivity index (χ0v) is 28.6. The van der Waals surface area contributed by atoms with Gasteiger partial charge in [0.05, 0.1) is 12.8 Å². The second kappa shape index (κ2) is 27.4. The van der Waals surface area contributed by atoms with Crippen LogP contribution in [0.25, 0.3) is 0 Å². The van der Waals surface area contributed by atoms with Crippen LogP contribution in [-0.4, -0.2) is 29.3 Å². The molecule has 0 saturated heterocycles. The Balaban J connectivity index is 2.39. The molecule has 0 heterocycles. The smallest absolute Gasteiger partial charge is 0.245 e. The van der Waals surface area contributed by atoms with Crippen LogP contribution in [0.2, 0.25) is 0 Å². The number of unbranched alkanes of at least 4 members (excludes halogenated alkanes) is 20. The van der Waals surface area contributed by atoms with Gasteiger partial charge in [-0.2, -0.15) is 0 Å². The predicted molar refractivity (Wildman–Crippen MR) is 177 cm³/mol. The van der Waals surface area contributed by atoms with Crippen molar-refractivity contribution < 1.29 is 24.1 Å². The maximum Gasteiger partial charge on any atom is 0.372 e. The van der Waals surface area contributed by atoms with Gasteiger partial charge in [-0.15, -0.1) is 0 Å². The van der Waals surface area contributed by atoms with Crippen LogP contribution in [0.15, 0.2) is 0 Å². The summed E-state index contributed by atoms with van der Waals surface area (Å²) in [7, 11) is 0. The summed E-state index contributed by atoms with van der Waals surface area (Å²) in [6.45, 7) is 7.17. The first-order chi connectivity index (χ1) is 20.6. The van der Waals surface area contributed by atoms with Gasteiger partial charge in [0.2, 0.25) is 0 Å². The lowest BCUT2D eigenvalue weighted by Gasteiger charge is -2.38. The van der Waals surface area contributed by atoms with Crippen LogP contribution in [0.5, 0.6) is 0 Å². The van der Waals surface area contributed by atoms with E-state index in [0.29, 0.717) is 19.4 Å². The standard InChI is InChI=1S/C37H72NO4/c1-4-7-9-11-13-15-17-19-21-23-28-32-36(39)41-38(34-6-3,35-30-26-25-27-31-35)42-37(40)33-29-24-22-20-18-16-14-12-10-8-5-2/h35H,4-34H2,1-3H3/q+1. The Morgan fingerprint density at radius 2 is 0.810 bits per heavy atom. The van der Waals surface area contributed by atoms with E-state index in [1.807, 2.05) is 0 Å². The lowest BCUT2D eigenvalue weighted by molar-refractivity contribution is -1.24. The molecular formula is C37H72NO4+. The summed E-state index contributed by atoms with van der Waals surface area (Å²) >= 11 is 0. The van der Waals surface area contributed by atoms with E-state index in [0.717, 1.165) is 57.8 Å². The van der Waals surface area contributed by atoms with Gasteiger partial charge in [-0.05, 0) is 25.7 Å². The summed E-state index contributed by atoms with van der Waals surface area (Å²) in [4.78, 5) is 38.2. The van der Waals surface area contributed by atoms with Crippen molar-refractivity contribution in [3.63, 3.8) is 0 Å². The minimum absolute atomic E-state index is 0.0706. The van der Waals surface area contributed by atoms with E-state index in [4.69, 9.17) is 9.68 Å². The van der Waals surface area contributed by atoms with Gasteiger partial charge in [0.15, 0.2) is 12.6 Å². The summed E-state index contributed by atoms with van der Waals surface area (Å²) in [5.74, 6) is -0.403. The highest BCUT2D eigenvalue weighted by molar-refractivity contribution is 5.69. The molecule has 1 aliphatic rings. The molecule has 0 radical (unpaired) electrons. The van der Waals surface area contributed by atoms with E-state index in [1.165, 1.54) is 122 Å². The van der Waals surface area contributed by atoms with Crippen molar-refractivity contribution in [2.24, 2.45) is 0 Å². The van der Waals surface area contributed by atoms with Crippen LogP contribution in [0.4, 0.5) is 0 Å². The number of hydroxylamine groups is 4. The molecule has 0 spiro atoms. The third-order valence-corrected chi connectivity index (χ3v) is 9.15. The molecule has 0 unspecified atom stereocenters. The Bertz CT molecular complexity index is 591. The molecule has 1 aliphatic carbocycles. The summed E-state index contributed by atoms with van der Waals surface area (Å²) in [5, 5.41) is 0. The van der Waals surface area contributed by atoms with Crippen LogP contribution >= 0.6 is 0 Å². The number of hydrogen-bond donors (Lipinski definition) is 0. The van der Waals surface area contributed by atoms with Gasteiger partial charge in [-0.3, -0.25) is 0 Å². The van der Waals surface area contributed by atoms with E-state index < -0.39 is 0 Å². The van der Waals surface area contributed by atoms with Gasteiger partial charge in [0.1, 0.15) is 0 Å². The number of carbonyl (C=O) groups excluding carboxylic acids is 2.